The van der Waals surface area contributed by atoms with Crippen LogP contribution in [0, 0.1) is 18.2 Å². The summed E-state index contributed by atoms with van der Waals surface area (Å²) in [4.78, 5) is 39.3. The van der Waals surface area contributed by atoms with Crippen LogP contribution in [-0.4, -0.2) is 96.0 Å². The van der Waals surface area contributed by atoms with Gasteiger partial charge in [0, 0.05) is 43.0 Å². The molecule has 0 bridgehead atoms. The maximum Gasteiger partial charge on any atom is 0.459 e. The van der Waals surface area contributed by atoms with Gasteiger partial charge in [-0.3, -0.25) is 19.0 Å². The first-order valence-corrected chi connectivity index (χ1v) is 22.7. The number of ether oxygens (including phenoxy) is 2. The third-order valence-corrected chi connectivity index (χ3v) is 13.4. The number of nitrogens with one attached hydrogen (secondary N) is 2. The Kier molecular flexibility index (Phi) is 14.4. The van der Waals surface area contributed by atoms with Gasteiger partial charge in [-0.1, -0.05) is 18.6 Å². The molecule has 1 aliphatic carbocycles. The van der Waals surface area contributed by atoms with Gasteiger partial charge in [-0.15, -0.1) is 6.42 Å². The van der Waals surface area contributed by atoms with E-state index in [0.717, 1.165) is 30.5 Å². The number of alkyl halides is 1. The smallest absolute Gasteiger partial charge is 0.459 e. The van der Waals surface area contributed by atoms with Crippen LogP contribution in [-0.2, 0) is 36.3 Å². The summed E-state index contributed by atoms with van der Waals surface area (Å²) < 4.78 is 68.1. The van der Waals surface area contributed by atoms with Gasteiger partial charge in [-0.25, -0.2) is 13.3 Å². The molecule has 6 atom stereocenters. The number of halogens is 2. The van der Waals surface area contributed by atoms with Crippen LogP contribution in [0.5, 0.6) is 11.8 Å². The largest absolute Gasteiger partial charge is 0.462 e. The number of nitrogens with zero attached hydrogens (tertiary/aromatic N) is 4. The van der Waals surface area contributed by atoms with Crippen molar-refractivity contribution in [2.45, 2.75) is 128 Å². The van der Waals surface area contributed by atoms with Crippen LogP contribution in [0.2, 0.25) is 0 Å². The number of aromatic nitrogens is 2. The van der Waals surface area contributed by atoms with Gasteiger partial charge in [0.15, 0.2) is 0 Å². The minimum Gasteiger partial charge on any atom is -0.462 e. The molecule has 0 saturated carbocycles. The lowest BCUT2D eigenvalue weighted by atomic mass is 9.79. The van der Waals surface area contributed by atoms with E-state index in [-0.39, 0.29) is 41.8 Å². The van der Waals surface area contributed by atoms with Gasteiger partial charge >= 0.3 is 19.7 Å². The third-order valence-electron chi connectivity index (χ3n) is 11.6. The number of anilines is 1. The first-order chi connectivity index (χ1) is 28.9. The Balaban J connectivity index is 1.41. The number of hydrogen-bond acceptors (Lipinski definition) is 11. The fraction of sp³-hybridized carbons (Fsp3) is 0.556. The molecule has 6 rings (SSSR count). The number of likely N-dealkylation sites (tertiary alicyclic amines) is 1. The molecule has 1 aromatic heterocycles. The number of hydrogen-bond donors (Lipinski definition) is 2. The van der Waals surface area contributed by atoms with Crippen LogP contribution >= 0.6 is 7.75 Å². The first kappa shape index (κ1) is 45.9. The van der Waals surface area contributed by atoms with Gasteiger partial charge in [0.05, 0.1) is 29.0 Å². The van der Waals surface area contributed by atoms with Crippen LogP contribution < -0.4 is 24.6 Å². The number of carbonyl (C=O) groups excluding carboxylic acids is 2. The number of terminal acetylenes is 1. The highest BCUT2D eigenvalue weighted by atomic mass is 31.2. The Hall–Kier alpha value is -4.61. The van der Waals surface area contributed by atoms with Crippen LogP contribution in [0.4, 0.5) is 14.6 Å². The number of carbonyl (C=O) groups is 2. The van der Waals surface area contributed by atoms with E-state index in [1.54, 1.807) is 45.9 Å². The normalized spacial score (nSPS) is 23.4. The van der Waals surface area contributed by atoms with Gasteiger partial charge < -0.3 is 24.2 Å². The number of fused-ring (bicyclic) bond motifs is 2. The van der Waals surface area contributed by atoms with Crippen molar-refractivity contribution in [3.05, 3.63) is 65.1 Å². The fourth-order valence-electron chi connectivity index (χ4n) is 8.56. The third kappa shape index (κ3) is 10.9. The summed E-state index contributed by atoms with van der Waals surface area (Å²) in [5.74, 6) is 1.72. The second-order valence-electron chi connectivity index (χ2n) is 17.3. The van der Waals surface area contributed by atoms with Crippen molar-refractivity contribution in [3.63, 3.8) is 0 Å². The maximum atomic E-state index is 15.5. The van der Waals surface area contributed by atoms with E-state index in [4.69, 9.17) is 34.9 Å². The molecule has 2 saturated heterocycles. The Morgan fingerprint density at radius 2 is 1.90 bits per heavy atom. The second kappa shape index (κ2) is 19.2. The molecule has 1 amide bonds. The summed E-state index contributed by atoms with van der Waals surface area (Å²) in [5.41, 5.74) is 1.84. The van der Waals surface area contributed by atoms with Gasteiger partial charge in [0.1, 0.15) is 36.2 Å². The summed E-state index contributed by atoms with van der Waals surface area (Å²) in [6, 6.07) is 5.20. The zero-order valence-corrected chi connectivity index (χ0v) is 37.2. The predicted octanol–water partition coefficient (Wildman–Crippen LogP) is 7.34. The molecular formula is C45H59F2N6O7P. The summed E-state index contributed by atoms with van der Waals surface area (Å²) in [5, 5.41) is 6.87. The summed E-state index contributed by atoms with van der Waals surface area (Å²) in [6.45, 7) is 15.6. The van der Waals surface area contributed by atoms with Crippen LogP contribution in [0.3, 0.4) is 0 Å². The lowest BCUT2D eigenvalue weighted by Gasteiger charge is -2.33. The van der Waals surface area contributed by atoms with E-state index in [0.29, 0.717) is 67.5 Å². The lowest BCUT2D eigenvalue weighted by molar-refractivity contribution is -0.149. The van der Waals surface area contributed by atoms with E-state index in [1.807, 2.05) is 18.9 Å². The summed E-state index contributed by atoms with van der Waals surface area (Å²) >= 11 is 0. The topological polar surface area (TPSA) is 144 Å². The highest BCUT2D eigenvalue weighted by Crippen LogP contribution is 2.49. The minimum absolute atomic E-state index is 0.0827. The zero-order chi connectivity index (χ0) is 44.2. The molecule has 3 aliphatic rings. The number of rotatable bonds is 15. The predicted molar refractivity (Wildman–Crippen MR) is 231 cm³/mol. The average Bonchev–Trinajstić information content (AvgIpc) is 3.30. The van der Waals surface area contributed by atoms with Crippen molar-refractivity contribution in [3.8, 4) is 24.1 Å². The molecule has 2 aliphatic heterocycles. The molecule has 2 aromatic carbocycles. The monoisotopic (exact) mass is 864 g/mol. The van der Waals surface area contributed by atoms with Gasteiger partial charge in [-0.05, 0) is 128 Å². The molecular weight excluding hydrogens is 805 g/mol. The van der Waals surface area contributed by atoms with Crippen molar-refractivity contribution in [1.82, 2.24) is 25.3 Å². The van der Waals surface area contributed by atoms with E-state index in [2.05, 4.69) is 27.8 Å². The molecule has 3 aromatic rings. The molecule has 0 spiro atoms. The molecule has 61 heavy (non-hydrogen) atoms. The maximum absolute atomic E-state index is 15.5. The average molecular weight is 865 g/mol. The Bertz CT molecular complexity index is 2220. The first-order valence-electron chi connectivity index (χ1n) is 21.2. The number of benzene rings is 2. The summed E-state index contributed by atoms with van der Waals surface area (Å²) in [6.07, 6.45) is 9.73. The molecule has 2 unspecified atom stereocenters. The van der Waals surface area contributed by atoms with Crippen molar-refractivity contribution in [2.75, 3.05) is 38.2 Å². The van der Waals surface area contributed by atoms with Gasteiger partial charge in [0.2, 0.25) is 5.91 Å². The number of likely N-dealkylation sites (N-methyl/N-ethyl adjacent to an activating group) is 1. The molecule has 330 valence electrons. The van der Waals surface area contributed by atoms with Crippen LogP contribution in [0.15, 0.2) is 36.9 Å². The molecule has 2 N–H and O–H groups in total. The van der Waals surface area contributed by atoms with E-state index in [1.165, 1.54) is 19.1 Å². The SMILES string of the molecule is C#Cc1c(F)ccc2cc(OP(=O)(N[C@@H](C)C(=O)OC(C)C)OC(C)C)cc([C@H]3CCc4c(nc(OC[C@]5(C)C[C@@H](F)CN5C)nc4N4CCCCC(NC(=O)C=C)C4)C3)c12. The Labute approximate surface area is 357 Å². The number of esters is 1. The summed E-state index contributed by atoms with van der Waals surface area (Å²) in [7, 11) is -2.34. The van der Waals surface area contributed by atoms with Crippen molar-refractivity contribution in [2.24, 2.45) is 0 Å². The molecule has 16 heteroatoms. The molecule has 13 nitrogen and oxygen atoms in total. The van der Waals surface area contributed by atoms with Crippen LogP contribution in [0.1, 0.15) is 102 Å². The molecule has 3 heterocycles. The van der Waals surface area contributed by atoms with Crippen molar-refractivity contribution < 1.29 is 41.5 Å². The fourth-order valence-corrected chi connectivity index (χ4v) is 10.2. The highest BCUT2D eigenvalue weighted by molar-refractivity contribution is 7.52. The van der Waals surface area contributed by atoms with Crippen LogP contribution in [0.25, 0.3) is 10.8 Å². The van der Waals surface area contributed by atoms with E-state index >= 15 is 4.39 Å². The second-order valence-corrected chi connectivity index (χ2v) is 18.9. The molecule has 2 fully saturated rings. The Morgan fingerprint density at radius 1 is 1.13 bits per heavy atom. The number of amides is 1. The minimum atomic E-state index is -4.22. The zero-order valence-electron chi connectivity index (χ0n) is 36.3. The van der Waals surface area contributed by atoms with Crippen molar-refractivity contribution in [1.29, 1.82) is 0 Å². The standard InChI is InChI=1S/C45H59F2N6O7P/c1-10-35-38(47)18-16-31-20-34(60-61(56,59-28(5)6)51-29(7)43(55)58-27(3)4)22-37(41(31)35)30-15-17-36-39(21-30)49-44(57-26-45(8)23-32(46)24-52(45)9)50-42(36)53-19-13-12-14-33(25-53)48-40(54)11-2/h1,11,16,18,20,22,27-30,32-33H,2,12-15,17,19,21,23-26H2,3-9H3,(H,48,54)(H,51,56)/t29-,30-,32+,33?,45-,61?/m0/s1. The van der Waals surface area contributed by atoms with E-state index < -0.39 is 49.5 Å². The highest BCUT2D eigenvalue weighted by Gasteiger charge is 2.41. The van der Waals surface area contributed by atoms with E-state index in [9.17, 15) is 18.5 Å². The lowest BCUT2D eigenvalue weighted by Crippen LogP contribution is -2.44. The van der Waals surface area contributed by atoms with Gasteiger partial charge in [0.25, 0.3) is 0 Å². The quantitative estimate of drug-likeness (QED) is 0.0683. The van der Waals surface area contributed by atoms with Crippen molar-refractivity contribution >= 4 is 36.2 Å². The Morgan fingerprint density at radius 3 is 2.57 bits per heavy atom. The van der Waals surface area contributed by atoms with Gasteiger partial charge in [-0.2, -0.15) is 15.1 Å². The molecule has 0 radical (unpaired) electrons.